The summed E-state index contributed by atoms with van der Waals surface area (Å²) in [7, 11) is 0. The van der Waals surface area contributed by atoms with Gasteiger partial charge in [0.2, 0.25) is 0 Å². The van der Waals surface area contributed by atoms with E-state index < -0.39 is 23.7 Å². The largest absolute Gasteiger partial charge is 0.350 e. The first-order valence-corrected chi connectivity index (χ1v) is 10.3. The molecule has 2 amide bonds. The van der Waals surface area contributed by atoms with Crippen LogP contribution in [0.5, 0.6) is 0 Å². The summed E-state index contributed by atoms with van der Waals surface area (Å²) in [5, 5.41) is 1.05. The Morgan fingerprint density at radius 2 is 2.14 bits per heavy atom. The Kier molecular flexibility index (Phi) is 6.74. The van der Waals surface area contributed by atoms with Crippen molar-refractivity contribution in [1.29, 1.82) is 0 Å². The lowest BCUT2D eigenvalue weighted by atomic mass is 10.0. The number of nitrogens with two attached hydrogens (primary N) is 2. The smallest absolute Gasteiger partial charge is 0.329 e. The minimum Gasteiger partial charge on any atom is -0.350 e. The third-order valence-corrected chi connectivity index (χ3v) is 6.55. The van der Waals surface area contributed by atoms with Crippen molar-refractivity contribution in [2.45, 2.75) is 50.4 Å². The van der Waals surface area contributed by atoms with E-state index in [2.05, 4.69) is 22.5 Å². The van der Waals surface area contributed by atoms with Crippen LogP contribution < -0.4 is 11.6 Å². The summed E-state index contributed by atoms with van der Waals surface area (Å²) in [6.07, 6.45) is 10.9. The van der Waals surface area contributed by atoms with Crippen LogP contribution in [0.4, 0.5) is 13.6 Å². The van der Waals surface area contributed by atoms with E-state index in [-0.39, 0.29) is 11.1 Å². The summed E-state index contributed by atoms with van der Waals surface area (Å²) >= 11 is 1.70. The zero-order chi connectivity index (χ0) is 20.3. The van der Waals surface area contributed by atoms with Crippen LogP contribution in [-0.2, 0) is 6.54 Å². The highest BCUT2D eigenvalue weighted by atomic mass is 32.2. The first kappa shape index (κ1) is 20.8. The number of carbonyl (C=O) groups excluding carboxylic acids is 1. The van der Waals surface area contributed by atoms with Crippen molar-refractivity contribution in [3.8, 4) is 0 Å². The van der Waals surface area contributed by atoms with Crippen molar-refractivity contribution in [3.05, 3.63) is 58.7 Å². The molecule has 3 rings (SSSR count). The molecule has 2 unspecified atom stereocenters. The van der Waals surface area contributed by atoms with E-state index in [1.54, 1.807) is 11.9 Å². The van der Waals surface area contributed by atoms with Gasteiger partial charge in [0, 0.05) is 29.5 Å². The zero-order valence-corrected chi connectivity index (χ0v) is 16.7. The number of halogens is 2. The van der Waals surface area contributed by atoms with Crippen LogP contribution in [-0.4, -0.2) is 27.1 Å². The summed E-state index contributed by atoms with van der Waals surface area (Å²) in [6.45, 7) is 2.64. The van der Waals surface area contributed by atoms with Crippen molar-refractivity contribution in [2.75, 3.05) is 6.54 Å². The van der Waals surface area contributed by atoms with E-state index in [0.717, 1.165) is 38.3 Å². The third-order valence-electron chi connectivity index (χ3n) is 5.18. The summed E-state index contributed by atoms with van der Waals surface area (Å²) < 4.78 is 31.3. The number of amides is 2. The van der Waals surface area contributed by atoms with Gasteiger partial charge in [-0.25, -0.2) is 23.7 Å². The number of hydrazine groups is 1. The van der Waals surface area contributed by atoms with Gasteiger partial charge >= 0.3 is 6.03 Å². The Hall–Kier alpha value is -1.90. The lowest BCUT2D eigenvalue weighted by Crippen LogP contribution is -2.43. The van der Waals surface area contributed by atoms with E-state index in [9.17, 15) is 13.6 Å². The SMILES string of the molecule is CC(c1cc(F)c(CN2CCCC(C3=CCCC=C3)S2)cc1F)N(N)C(N)=O. The number of carbonyl (C=O) groups is 1. The molecular weight excluding hydrogens is 382 g/mol. The van der Waals surface area contributed by atoms with E-state index in [0.29, 0.717) is 16.8 Å². The molecule has 1 saturated heterocycles. The van der Waals surface area contributed by atoms with E-state index in [1.165, 1.54) is 18.6 Å². The maximum atomic E-state index is 14.7. The summed E-state index contributed by atoms with van der Waals surface area (Å²) in [5.74, 6) is 4.42. The molecular formula is C20H26F2N4OS. The van der Waals surface area contributed by atoms with Crippen LogP contribution in [0.1, 0.15) is 49.8 Å². The minimum absolute atomic E-state index is 0.00391. The molecule has 2 atom stereocenters. The summed E-state index contributed by atoms with van der Waals surface area (Å²) in [6, 6.07) is 0.536. The van der Waals surface area contributed by atoms with E-state index in [1.807, 2.05) is 0 Å². The molecule has 2 aliphatic rings. The van der Waals surface area contributed by atoms with Crippen molar-refractivity contribution in [2.24, 2.45) is 11.6 Å². The average molecular weight is 409 g/mol. The molecule has 1 aromatic rings. The second kappa shape index (κ2) is 9.07. The number of rotatable bonds is 5. The van der Waals surface area contributed by atoms with Crippen molar-refractivity contribution in [3.63, 3.8) is 0 Å². The topological polar surface area (TPSA) is 75.6 Å². The maximum absolute atomic E-state index is 14.7. The molecule has 0 radical (unpaired) electrons. The molecule has 0 saturated carbocycles. The summed E-state index contributed by atoms with van der Waals surface area (Å²) in [5.41, 5.74) is 6.74. The molecule has 0 bridgehead atoms. The van der Waals surface area contributed by atoms with Gasteiger partial charge in [0.15, 0.2) is 0 Å². The average Bonchev–Trinajstić information content (AvgIpc) is 2.70. The lowest BCUT2D eigenvalue weighted by Gasteiger charge is -2.33. The lowest BCUT2D eigenvalue weighted by molar-refractivity contribution is 0.189. The Labute approximate surface area is 168 Å². The Morgan fingerprint density at radius 1 is 1.36 bits per heavy atom. The molecule has 1 aliphatic heterocycles. The highest BCUT2D eigenvalue weighted by Crippen LogP contribution is 2.36. The molecule has 8 heteroatoms. The Morgan fingerprint density at radius 3 is 2.82 bits per heavy atom. The van der Waals surface area contributed by atoms with E-state index in [4.69, 9.17) is 11.6 Å². The van der Waals surface area contributed by atoms with Crippen LogP contribution in [0.15, 0.2) is 35.9 Å². The molecule has 1 fully saturated rings. The van der Waals surface area contributed by atoms with Gasteiger partial charge < -0.3 is 5.73 Å². The van der Waals surface area contributed by atoms with Gasteiger partial charge in [-0.1, -0.05) is 30.2 Å². The van der Waals surface area contributed by atoms with Crippen LogP contribution in [0.25, 0.3) is 0 Å². The fraction of sp³-hybridized carbons (Fsp3) is 0.450. The number of hydrogen-bond acceptors (Lipinski definition) is 4. The third kappa shape index (κ3) is 4.74. The molecule has 1 heterocycles. The molecule has 0 spiro atoms. The van der Waals surface area contributed by atoms with Crippen molar-refractivity contribution < 1.29 is 13.6 Å². The second-order valence-corrected chi connectivity index (χ2v) is 8.47. The van der Waals surface area contributed by atoms with Gasteiger partial charge in [-0.3, -0.25) is 5.01 Å². The maximum Gasteiger partial charge on any atom is 0.329 e. The number of primary amides is 1. The standard InChI is InChI=1S/C20H26F2N4OS/c1-13(26(24)20(23)27)16-11-17(21)15(10-18(16)22)12-25-9-5-8-19(28-25)14-6-3-2-4-7-14/h3,6-7,10-11,13,19H,2,4-5,8-9,12,24H2,1H3,(H2,23,27). The quantitative estimate of drug-likeness (QED) is 0.332. The van der Waals surface area contributed by atoms with Gasteiger partial charge in [-0.05, 0) is 50.3 Å². The number of urea groups is 1. The number of nitrogens with zero attached hydrogens (tertiary/aromatic N) is 2. The van der Waals surface area contributed by atoms with E-state index >= 15 is 0 Å². The molecule has 1 aromatic carbocycles. The Bertz CT molecular complexity index is 799. The molecule has 28 heavy (non-hydrogen) atoms. The van der Waals surface area contributed by atoms with Crippen molar-refractivity contribution >= 4 is 18.0 Å². The molecule has 152 valence electrons. The van der Waals surface area contributed by atoms with Crippen LogP contribution in [0, 0.1) is 11.6 Å². The number of hydrogen-bond donors (Lipinski definition) is 2. The van der Waals surface area contributed by atoms with Gasteiger partial charge in [0.05, 0.1) is 6.04 Å². The summed E-state index contributed by atoms with van der Waals surface area (Å²) in [4.78, 5) is 11.2. The van der Waals surface area contributed by atoms with Gasteiger partial charge in [-0.15, -0.1) is 0 Å². The fourth-order valence-corrected chi connectivity index (χ4v) is 4.91. The molecule has 5 nitrogen and oxygen atoms in total. The number of benzene rings is 1. The van der Waals surface area contributed by atoms with Crippen LogP contribution in [0.2, 0.25) is 0 Å². The van der Waals surface area contributed by atoms with Gasteiger partial charge in [0.1, 0.15) is 11.6 Å². The minimum atomic E-state index is -0.904. The molecule has 1 aliphatic carbocycles. The van der Waals surface area contributed by atoms with Crippen LogP contribution in [0.3, 0.4) is 0 Å². The highest BCUT2D eigenvalue weighted by Gasteiger charge is 2.26. The number of allylic oxidation sites excluding steroid dienone is 3. The Balaban J connectivity index is 1.72. The van der Waals surface area contributed by atoms with Gasteiger partial charge in [0.25, 0.3) is 0 Å². The monoisotopic (exact) mass is 408 g/mol. The fourth-order valence-electron chi connectivity index (χ4n) is 3.53. The first-order chi connectivity index (χ1) is 13.4. The first-order valence-electron chi connectivity index (χ1n) is 9.46. The molecule has 0 aromatic heterocycles. The van der Waals surface area contributed by atoms with Gasteiger partial charge in [-0.2, -0.15) is 0 Å². The van der Waals surface area contributed by atoms with Crippen LogP contribution >= 0.6 is 11.9 Å². The molecule has 4 N–H and O–H groups in total. The van der Waals surface area contributed by atoms with Crippen molar-refractivity contribution in [1.82, 2.24) is 9.31 Å². The second-order valence-electron chi connectivity index (χ2n) is 7.17. The highest BCUT2D eigenvalue weighted by molar-refractivity contribution is 7.97. The predicted octanol–water partition coefficient (Wildman–Crippen LogP) is 4.17. The predicted molar refractivity (Wildman–Crippen MR) is 108 cm³/mol. The zero-order valence-electron chi connectivity index (χ0n) is 15.9. The normalized spacial score (nSPS) is 21.3.